The zero-order valence-electron chi connectivity index (χ0n) is 18.2. The summed E-state index contributed by atoms with van der Waals surface area (Å²) >= 11 is 0. The van der Waals surface area contributed by atoms with Crippen molar-refractivity contribution in [3.8, 4) is 28.4 Å². The number of carbonyl (C=O) groups is 1. The largest absolute Gasteiger partial charge is 0.478 e. The molecule has 0 saturated carbocycles. The van der Waals surface area contributed by atoms with E-state index in [1.165, 1.54) is 12.3 Å². The number of hydrogen-bond acceptors (Lipinski definition) is 7. The number of ether oxygens (including phenoxy) is 2. The lowest BCUT2D eigenvalue weighted by atomic mass is 10.0. The van der Waals surface area contributed by atoms with E-state index in [-0.39, 0.29) is 18.6 Å². The Bertz CT molecular complexity index is 1480. The normalized spacial score (nSPS) is 12.8. The van der Waals surface area contributed by atoms with E-state index in [0.717, 1.165) is 23.0 Å². The van der Waals surface area contributed by atoms with Crippen molar-refractivity contribution in [1.29, 1.82) is 0 Å². The summed E-state index contributed by atoms with van der Waals surface area (Å²) in [6, 6.07) is 12.7. The molecule has 12 heteroatoms. The molecule has 3 heterocycles. The summed E-state index contributed by atoms with van der Waals surface area (Å²) in [5.41, 5.74) is 1.01. The third-order valence-electron chi connectivity index (χ3n) is 5.11. The number of carboxylic acid groups (broad SMARTS) is 1. The van der Waals surface area contributed by atoms with Crippen LogP contribution in [0.2, 0.25) is 0 Å². The van der Waals surface area contributed by atoms with Crippen LogP contribution in [0, 0.1) is 0 Å². The number of halogens is 3. The second-order valence-corrected chi connectivity index (χ2v) is 7.56. The molecule has 2 aromatic heterocycles. The molecule has 1 aliphatic heterocycles. The first-order valence-corrected chi connectivity index (χ1v) is 10.4. The highest BCUT2D eigenvalue weighted by Crippen LogP contribution is 2.35. The number of aromatic nitrogens is 4. The van der Waals surface area contributed by atoms with Crippen molar-refractivity contribution >= 4 is 23.7 Å². The first-order chi connectivity index (χ1) is 17.3. The standard InChI is InChI=1S/C24H16F3N5O4/c25-24(26,27)20-8-9-32(31-20)22-17(15-3-1-2-14(10-15)4-7-21(33)34)12-28-23(30-22)29-16-5-6-18-19(11-16)36-13-35-18/h1-12H,13H2,(H,33,34)(H,28,29,30). The van der Waals surface area contributed by atoms with Crippen molar-refractivity contribution in [3.05, 3.63) is 78.3 Å². The summed E-state index contributed by atoms with van der Waals surface area (Å²) in [7, 11) is 0. The molecule has 0 spiro atoms. The van der Waals surface area contributed by atoms with E-state index in [2.05, 4.69) is 20.4 Å². The Balaban J connectivity index is 1.56. The van der Waals surface area contributed by atoms with Crippen molar-refractivity contribution < 1.29 is 32.5 Å². The first-order valence-electron chi connectivity index (χ1n) is 10.4. The number of benzene rings is 2. The van der Waals surface area contributed by atoms with Crippen LogP contribution in [0.25, 0.3) is 23.0 Å². The molecule has 0 saturated heterocycles. The van der Waals surface area contributed by atoms with Crippen LogP contribution in [-0.4, -0.2) is 37.6 Å². The van der Waals surface area contributed by atoms with Gasteiger partial charge in [-0.05, 0) is 41.5 Å². The van der Waals surface area contributed by atoms with Crippen molar-refractivity contribution in [2.75, 3.05) is 12.1 Å². The Morgan fingerprint density at radius 3 is 2.72 bits per heavy atom. The number of rotatable bonds is 6. The zero-order chi connectivity index (χ0) is 25.3. The van der Waals surface area contributed by atoms with Gasteiger partial charge < -0.3 is 19.9 Å². The SMILES string of the molecule is O=C(O)C=Cc1cccc(-c2cnc(Nc3ccc4c(c3)OCO4)nc2-n2ccc(C(F)(F)F)n2)c1. The van der Waals surface area contributed by atoms with Crippen LogP contribution < -0.4 is 14.8 Å². The van der Waals surface area contributed by atoms with Crippen LogP contribution in [0.1, 0.15) is 11.3 Å². The molecule has 0 bridgehead atoms. The number of hydrogen-bond donors (Lipinski definition) is 2. The second kappa shape index (κ2) is 9.06. The van der Waals surface area contributed by atoms with Crippen molar-refractivity contribution in [1.82, 2.24) is 19.7 Å². The van der Waals surface area contributed by atoms with Gasteiger partial charge in [0.1, 0.15) is 0 Å². The molecule has 182 valence electrons. The number of fused-ring (bicyclic) bond motifs is 1. The third-order valence-corrected chi connectivity index (χ3v) is 5.11. The van der Waals surface area contributed by atoms with Crippen LogP contribution in [0.4, 0.5) is 24.8 Å². The van der Waals surface area contributed by atoms with E-state index in [1.54, 1.807) is 42.5 Å². The zero-order valence-corrected chi connectivity index (χ0v) is 18.2. The minimum absolute atomic E-state index is 0.0862. The highest BCUT2D eigenvalue weighted by atomic mass is 19.4. The third kappa shape index (κ3) is 4.82. The van der Waals surface area contributed by atoms with Gasteiger partial charge in [0.2, 0.25) is 12.7 Å². The number of nitrogens with one attached hydrogen (secondary N) is 1. The fraction of sp³-hybridized carbons (Fsp3) is 0.0833. The molecule has 5 rings (SSSR count). The topological polar surface area (TPSA) is 111 Å². The molecule has 9 nitrogen and oxygen atoms in total. The number of aliphatic carboxylic acids is 1. The van der Waals surface area contributed by atoms with Crippen molar-refractivity contribution in [2.45, 2.75) is 6.18 Å². The van der Waals surface area contributed by atoms with Gasteiger partial charge in [-0.1, -0.05) is 18.2 Å². The molecule has 0 amide bonds. The summed E-state index contributed by atoms with van der Waals surface area (Å²) < 4.78 is 51.3. The van der Waals surface area contributed by atoms with Crippen LogP contribution in [0.3, 0.4) is 0 Å². The maximum absolute atomic E-state index is 13.2. The monoisotopic (exact) mass is 495 g/mol. The van der Waals surface area contributed by atoms with Gasteiger partial charge >= 0.3 is 12.1 Å². The molecular weight excluding hydrogens is 479 g/mol. The second-order valence-electron chi connectivity index (χ2n) is 7.56. The smallest absolute Gasteiger partial charge is 0.435 e. The van der Waals surface area contributed by atoms with E-state index in [1.807, 2.05) is 0 Å². The van der Waals surface area contributed by atoms with E-state index >= 15 is 0 Å². The van der Waals surface area contributed by atoms with Crippen LogP contribution in [0.5, 0.6) is 11.5 Å². The van der Waals surface area contributed by atoms with E-state index in [0.29, 0.717) is 33.9 Å². The number of anilines is 2. The van der Waals surface area contributed by atoms with E-state index in [4.69, 9.17) is 14.6 Å². The lowest BCUT2D eigenvalue weighted by molar-refractivity contribution is -0.141. The summed E-state index contributed by atoms with van der Waals surface area (Å²) in [4.78, 5) is 19.6. The Morgan fingerprint density at radius 2 is 1.94 bits per heavy atom. The minimum Gasteiger partial charge on any atom is -0.478 e. The van der Waals surface area contributed by atoms with Crippen LogP contribution >= 0.6 is 0 Å². The molecule has 1 aliphatic rings. The number of alkyl halides is 3. The fourth-order valence-electron chi connectivity index (χ4n) is 3.49. The number of nitrogens with zero attached hydrogens (tertiary/aromatic N) is 4. The molecule has 36 heavy (non-hydrogen) atoms. The van der Waals surface area contributed by atoms with Gasteiger partial charge in [0.25, 0.3) is 0 Å². The average Bonchev–Trinajstić information content (AvgIpc) is 3.52. The first kappa shape index (κ1) is 22.9. The Morgan fingerprint density at radius 1 is 1.11 bits per heavy atom. The predicted molar refractivity (Wildman–Crippen MR) is 122 cm³/mol. The van der Waals surface area contributed by atoms with Gasteiger partial charge in [-0.2, -0.15) is 23.3 Å². The molecule has 2 N–H and O–H groups in total. The fourth-order valence-corrected chi connectivity index (χ4v) is 3.49. The van der Waals surface area contributed by atoms with Gasteiger partial charge in [0, 0.05) is 35.8 Å². The van der Waals surface area contributed by atoms with Crippen LogP contribution in [-0.2, 0) is 11.0 Å². The quantitative estimate of drug-likeness (QED) is 0.363. The van der Waals surface area contributed by atoms with E-state index < -0.39 is 17.8 Å². The minimum atomic E-state index is -4.63. The lowest BCUT2D eigenvalue weighted by Gasteiger charge is -2.12. The summed E-state index contributed by atoms with van der Waals surface area (Å²) in [6.45, 7) is 0.107. The summed E-state index contributed by atoms with van der Waals surface area (Å²) in [6.07, 6.45) is 0.364. The van der Waals surface area contributed by atoms with Gasteiger partial charge in [-0.25, -0.2) is 14.5 Å². The molecule has 4 aromatic rings. The number of carboxylic acids is 1. The molecule has 0 aliphatic carbocycles. The highest BCUT2D eigenvalue weighted by molar-refractivity contribution is 5.86. The summed E-state index contributed by atoms with van der Waals surface area (Å²) in [5.74, 6) is 0.205. The molecular formula is C24H16F3N5O4. The van der Waals surface area contributed by atoms with Gasteiger partial charge in [-0.3, -0.25) is 0 Å². The molecule has 0 fully saturated rings. The van der Waals surface area contributed by atoms with E-state index in [9.17, 15) is 18.0 Å². The van der Waals surface area contributed by atoms with Gasteiger partial charge in [0.15, 0.2) is 23.0 Å². The Labute approximate surface area is 201 Å². The predicted octanol–water partition coefficient (Wildman–Crippen LogP) is 4.92. The lowest BCUT2D eigenvalue weighted by Crippen LogP contribution is -2.09. The summed E-state index contributed by atoms with van der Waals surface area (Å²) in [5, 5.41) is 15.6. The maximum Gasteiger partial charge on any atom is 0.435 e. The van der Waals surface area contributed by atoms with Gasteiger partial charge in [-0.15, -0.1) is 0 Å². The van der Waals surface area contributed by atoms with Crippen molar-refractivity contribution in [3.63, 3.8) is 0 Å². The molecule has 0 radical (unpaired) electrons. The van der Waals surface area contributed by atoms with Gasteiger partial charge in [0.05, 0.1) is 0 Å². The Hall–Kier alpha value is -4.87. The maximum atomic E-state index is 13.2. The highest BCUT2D eigenvalue weighted by Gasteiger charge is 2.34. The van der Waals surface area contributed by atoms with Crippen molar-refractivity contribution in [2.24, 2.45) is 0 Å². The molecule has 0 unspecified atom stereocenters. The molecule has 2 aromatic carbocycles. The van der Waals surface area contributed by atoms with Crippen LogP contribution in [0.15, 0.2) is 67.0 Å². The Kier molecular flexibility index (Phi) is 5.76. The molecule has 0 atom stereocenters. The average molecular weight is 495 g/mol.